The SMILES string of the molecule is CCOc1cc(/C=C2/SC(=Nc3ccc(OC)cc3)NC2=O)cc(Cl)c1OCc1ccc([N+](=O)[O-])cc1. The normalized spacial score (nSPS) is 15.1. The van der Waals surface area contributed by atoms with Crippen LogP contribution in [-0.2, 0) is 11.4 Å². The minimum Gasteiger partial charge on any atom is -0.497 e. The average molecular weight is 540 g/mol. The first-order chi connectivity index (χ1) is 17.9. The molecule has 1 N–H and O–H groups in total. The third-order valence-corrected chi connectivity index (χ3v) is 6.30. The molecule has 0 spiro atoms. The highest BCUT2D eigenvalue weighted by atomic mass is 35.5. The number of hydrogen-bond acceptors (Lipinski definition) is 8. The Labute approximate surface area is 222 Å². The molecule has 1 aliphatic rings. The summed E-state index contributed by atoms with van der Waals surface area (Å²) in [6.07, 6.45) is 1.70. The minimum atomic E-state index is -0.460. The second kappa shape index (κ2) is 11.8. The summed E-state index contributed by atoms with van der Waals surface area (Å²) in [6.45, 7) is 2.35. The Kier molecular flexibility index (Phi) is 8.32. The van der Waals surface area contributed by atoms with E-state index in [4.69, 9.17) is 25.8 Å². The van der Waals surface area contributed by atoms with Crippen molar-refractivity contribution in [1.82, 2.24) is 5.32 Å². The van der Waals surface area contributed by atoms with Gasteiger partial charge in [0.15, 0.2) is 16.7 Å². The zero-order valence-corrected chi connectivity index (χ0v) is 21.5. The van der Waals surface area contributed by atoms with Gasteiger partial charge < -0.3 is 19.5 Å². The Hall–Kier alpha value is -4.02. The molecule has 0 radical (unpaired) electrons. The maximum Gasteiger partial charge on any atom is 0.269 e. The molecule has 1 fully saturated rings. The van der Waals surface area contributed by atoms with Crippen LogP contribution in [-0.4, -0.2) is 29.7 Å². The van der Waals surface area contributed by atoms with Crippen LogP contribution in [0.2, 0.25) is 5.02 Å². The molecule has 3 aromatic carbocycles. The monoisotopic (exact) mass is 539 g/mol. The van der Waals surface area contributed by atoms with Crippen LogP contribution in [0.5, 0.6) is 17.2 Å². The van der Waals surface area contributed by atoms with E-state index in [2.05, 4.69) is 10.3 Å². The molecular formula is C26H22ClN3O6S. The Bertz CT molecular complexity index is 1370. The van der Waals surface area contributed by atoms with E-state index >= 15 is 0 Å². The third-order valence-electron chi connectivity index (χ3n) is 5.11. The van der Waals surface area contributed by atoms with Crippen molar-refractivity contribution in [3.05, 3.63) is 91.8 Å². The number of halogens is 1. The number of nitro groups is 1. The maximum absolute atomic E-state index is 12.5. The smallest absolute Gasteiger partial charge is 0.269 e. The van der Waals surface area contributed by atoms with Crippen molar-refractivity contribution in [3.8, 4) is 17.2 Å². The van der Waals surface area contributed by atoms with Gasteiger partial charge in [-0.25, -0.2) is 4.99 Å². The Morgan fingerprint density at radius 2 is 1.84 bits per heavy atom. The highest BCUT2D eigenvalue weighted by Crippen LogP contribution is 2.39. The van der Waals surface area contributed by atoms with Crippen molar-refractivity contribution >= 4 is 51.9 Å². The average Bonchev–Trinajstić information content (AvgIpc) is 3.22. The predicted molar refractivity (Wildman–Crippen MR) is 144 cm³/mol. The van der Waals surface area contributed by atoms with E-state index in [0.717, 1.165) is 11.3 Å². The van der Waals surface area contributed by atoms with Crippen LogP contribution in [0.25, 0.3) is 6.08 Å². The number of amidine groups is 1. The topological polar surface area (TPSA) is 112 Å². The number of nitrogens with one attached hydrogen (secondary N) is 1. The Morgan fingerprint density at radius 1 is 1.11 bits per heavy atom. The highest BCUT2D eigenvalue weighted by molar-refractivity contribution is 8.18. The van der Waals surface area contributed by atoms with Crippen LogP contribution < -0.4 is 19.5 Å². The number of hydrogen-bond donors (Lipinski definition) is 1. The van der Waals surface area contributed by atoms with Gasteiger partial charge in [-0.2, -0.15) is 0 Å². The van der Waals surface area contributed by atoms with Crippen LogP contribution >= 0.6 is 23.4 Å². The number of non-ortho nitro benzene ring substituents is 1. The Balaban J connectivity index is 1.52. The van der Waals surface area contributed by atoms with E-state index in [0.29, 0.717) is 44.5 Å². The van der Waals surface area contributed by atoms with Gasteiger partial charge in [-0.3, -0.25) is 14.9 Å². The fourth-order valence-corrected chi connectivity index (χ4v) is 4.47. The number of nitro benzene ring substituents is 1. The zero-order chi connectivity index (χ0) is 26.4. The molecule has 1 aliphatic heterocycles. The fourth-order valence-electron chi connectivity index (χ4n) is 3.35. The molecule has 0 saturated carbocycles. The fraction of sp³-hybridized carbons (Fsp3) is 0.154. The Morgan fingerprint density at radius 3 is 2.49 bits per heavy atom. The summed E-state index contributed by atoms with van der Waals surface area (Å²) in [5.41, 5.74) is 2.07. The molecule has 1 heterocycles. The molecule has 0 atom stereocenters. The molecule has 37 heavy (non-hydrogen) atoms. The first-order valence-corrected chi connectivity index (χ1v) is 12.3. The maximum atomic E-state index is 12.5. The van der Waals surface area contributed by atoms with Crippen molar-refractivity contribution < 1.29 is 23.9 Å². The molecule has 1 amide bonds. The van der Waals surface area contributed by atoms with Crippen LogP contribution in [0.4, 0.5) is 11.4 Å². The standard InChI is InChI=1S/C26H22ClN3O6S/c1-3-35-22-13-17(12-21(27)24(22)36-15-16-4-8-19(9-5-16)30(32)33)14-23-25(31)29-26(37-23)28-18-6-10-20(34-2)11-7-18/h4-14H,3,15H2,1-2H3,(H,28,29,31)/b23-14+. The van der Waals surface area contributed by atoms with Crippen molar-refractivity contribution in [2.24, 2.45) is 4.99 Å². The third kappa shape index (κ3) is 6.60. The van der Waals surface area contributed by atoms with Crippen LogP contribution in [0.1, 0.15) is 18.1 Å². The summed E-state index contributed by atoms with van der Waals surface area (Å²) in [7, 11) is 1.59. The van der Waals surface area contributed by atoms with Crippen molar-refractivity contribution in [2.45, 2.75) is 13.5 Å². The molecule has 0 bridgehead atoms. The molecule has 0 aromatic heterocycles. The van der Waals surface area contributed by atoms with E-state index in [1.807, 2.05) is 6.92 Å². The number of rotatable bonds is 9. The first kappa shape index (κ1) is 26.1. The first-order valence-electron chi connectivity index (χ1n) is 11.1. The second-order valence-corrected chi connectivity index (χ2v) is 9.09. The number of ether oxygens (including phenoxy) is 3. The molecule has 0 aliphatic carbocycles. The van der Waals surface area contributed by atoms with Gasteiger partial charge >= 0.3 is 0 Å². The van der Waals surface area contributed by atoms with E-state index < -0.39 is 4.92 Å². The number of thioether (sulfide) groups is 1. The van der Waals surface area contributed by atoms with E-state index in [9.17, 15) is 14.9 Å². The van der Waals surface area contributed by atoms with Gasteiger partial charge in [0.1, 0.15) is 12.4 Å². The molecular weight excluding hydrogens is 518 g/mol. The molecule has 9 nitrogen and oxygen atoms in total. The lowest BCUT2D eigenvalue weighted by Gasteiger charge is -2.14. The summed E-state index contributed by atoms with van der Waals surface area (Å²) >= 11 is 7.74. The van der Waals surface area contributed by atoms with Gasteiger partial charge in [0, 0.05) is 12.1 Å². The summed E-state index contributed by atoms with van der Waals surface area (Å²) < 4.78 is 16.8. The number of carbonyl (C=O) groups is 1. The van der Waals surface area contributed by atoms with Crippen molar-refractivity contribution in [1.29, 1.82) is 0 Å². The van der Waals surface area contributed by atoms with Crippen molar-refractivity contribution in [2.75, 3.05) is 13.7 Å². The quantitative estimate of drug-likeness (QED) is 0.198. The highest BCUT2D eigenvalue weighted by Gasteiger charge is 2.24. The lowest BCUT2D eigenvalue weighted by atomic mass is 10.1. The van der Waals surface area contributed by atoms with Gasteiger partial charge in [-0.1, -0.05) is 11.6 Å². The second-order valence-electron chi connectivity index (χ2n) is 7.65. The summed E-state index contributed by atoms with van der Waals surface area (Å²) in [5.74, 6) is 1.20. The van der Waals surface area contributed by atoms with Gasteiger partial charge in [0.2, 0.25) is 0 Å². The summed E-state index contributed by atoms with van der Waals surface area (Å²) in [4.78, 5) is 27.8. The lowest BCUT2D eigenvalue weighted by Crippen LogP contribution is -2.19. The molecule has 3 aromatic rings. The van der Waals surface area contributed by atoms with Crippen LogP contribution in [0, 0.1) is 10.1 Å². The number of carbonyl (C=O) groups excluding carboxylic acids is 1. The lowest BCUT2D eigenvalue weighted by molar-refractivity contribution is -0.384. The molecule has 4 rings (SSSR count). The number of benzene rings is 3. The molecule has 1 saturated heterocycles. The van der Waals surface area contributed by atoms with Crippen LogP contribution in [0.15, 0.2) is 70.6 Å². The minimum absolute atomic E-state index is 0.000184. The molecule has 11 heteroatoms. The van der Waals surface area contributed by atoms with Gasteiger partial charge in [0.25, 0.3) is 11.6 Å². The predicted octanol–water partition coefficient (Wildman–Crippen LogP) is 6.13. The van der Waals surface area contributed by atoms with E-state index in [1.165, 1.54) is 23.9 Å². The zero-order valence-electron chi connectivity index (χ0n) is 19.9. The molecule has 190 valence electrons. The van der Waals surface area contributed by atoms with E-state index in [1.54, 1.807) is 61.7 Å². The molecule has 0 unspecified atom stereocenters. The number of nitrogens with zero attached hydrogens (tertiary/aromatic N) is 2. The van der Waals surface area contributed by atoms with Gasteiger partial charge in [0.05, 0.1) is 34.3 Å². The van der Waals surface area contributed by atoms with Crippen molar-refractivity contribution in [3.63, 3.8) is 0 Å². The van der Waals surface area contributed by atoms with Gasteiger partial charge in [-0.15, -0.1) is 0 Å². The van der Waals surface area contributed by atoms with Crippen LogP contribution in [0.3, 0.4) is 0 Å². The number of amides is 1. The van der Waals surface area contributed by atoms with E-state index in [-0.39, 0.29) is 18.2 Å². The number of methoxy groups -OCH3 is 1. The van der Waals surface area contributed by atoms with Gasteiger partial charge in [-0.05, 0) is 84.4 Å². The number of aliphatic imine (C=N–C) groups is 1. The summed E-state index contributed by atoms with van der Waals surface area (Å²) in [6, 6.07) is 16.6. The largest absolute Gasteiger partial charge is 0.497 e. The summed E-state index contributed by atoms with van der Waals surface area (Å²) in [5, 5.41) is 14.4.